The van der Waals surface area contributed by atoms with Crippen molar-refractivity contribution in [3.8, 4) is 0 Å². The highest BCUT2D eigenvalue weighted by Gasteiger charge is 2.15. The summed E-state index contributed by atoms with van der Waals surface area (Å²) in [6.45, 7) is 11.6. The fraction of sp³-hybridized carbons (Fsp3) is 0.630. The summed E-state index contributed by atoms with van der Waals surface area (Å²) >= 11 is 0. The maximum atomic E-state index is 11.6. The Bertz CT molecular complexity index is 581. The van der Waals surface area contributed by atoms with E-state index >= 15 is 0 Å². The quantitative estimate of drug-likeness (QED) is 0.334. The Kier molecular flexibility index (Phi) is 19.0. The number of carbonyl (C=O) groups is 2. The van der Waals surface area contributed by atoms with Gasteiger partial charge >= 0.3 is 0 Å². The molecule has 0 aromatic heterocycles. The van der Waals surface area contributed by atoms with Crippen molar-refractivity contribution >= 4 is 12.1 Å². The molecule has 2 aliphatic rings. The van der Waals surface area contributed by atoms with Gasteiger partial charge in [0.15, 0.2) is 5.78 Å². The van der Waals surface area contributed by atoms with E-state index < -0.39 is 0 Å². The lowest BCUT2D eigenvalue weighted by Gasteiger charge is -2.21. The van der Waals surface area contributed by atoms with Crippen LogP contribution in [0, 0.1) is 5.92 Å². The van der Waals surface area contributed by atoms with Crippen molar-refractivity contribution < 1.29 is 9.59 Å². The summed E-state index contributed by atoms with van der Waals surface area (Å²) in [5.41, 5.74) is 1.98. The summed E-state index contributed by atoms with van der Waals surface area (Å²) in [6.07, 6.45) is 12.4. The van der Waals surface area contributed by atoms with Gasteiger partial charge in [0.2, 0.25) is 0 Å². The number of ketones is 1. The summed E-state index contributed by atoms with van der Waals surface area (Å²) in [7, 11) is 2.03. The molecule has 176 valence electrons. The first kappa shape index (κ1) is 29.2. The molecule has 0 unspecified atom stereocenters. The SMILES string of the molecule is CC.CC.CNCC1CCNCC1.O=C/C=C/C(=O)c1ccc(C2CCCCC2)cc1. The van der Waals surface area contributed by atoms with Gasteiger partial charge in [-0.3, -0.25) is 9.59 Å². The maximum absolute atomic E-state index is 11.6. The normalized spacial score (nSPS) is 16.7. The number of carbonyl (C=O) groups excluding carboxylic acids is 2. The highest BCUT2D eigenvalue weighted by molar-refractivity contribution is 6.05. The lowest BCUT2D eigenvalue weighted by molar-refractivity contribution is -0.104. The van der Waals surface area contributed by atoms with E-state index in [9.17, 15) is 9.59 Å². The number of rotatable bonds is 6. The molecule has 31 heavy (non-hydrogen) atoms. The average molecular weight is 431 g/mol. The van der Waals surface area contributed by atoms with E-state index in [0.717, 1.165) is 5.92 Å². The zero-order valence-electron chi connectivity index (χ0n) is 20.6. The van der Waals surface area contributed by atoms with E-state index in [1.165, 1.54) is 82.3 Å². The van der Waals surface area contributed by atoms with Gasteiger partial charge in [-0.2, -0.15) is 0 Å². The van der Waals surface area contributed by atoms with Crippen LogP contribution in [0.4, 0.5) is 0 Å². The fourth-order valence-corrected chi connectivity index (χ4v) is 3.95. The zero-order chi connectivity index (χ0) is 23.3. The first-order valence-electron chi connectivity index (χ1n) is 12.4. The summed E-state index contributed by atoms with van der Waals surface area (Å²) in [5.74, 6) is 1.47. The van der Waals surface area contributed by atoms with E-state index in [0.29, 0.717) is 17.8 Å². The second-order valence-electron chi connectivity index (χ2n) is 7.57. The van der Waals surface area contributed by atoms with Crippen LogP contribution in [0.5, 0.6) is 0 Å². The van der Waals surface area contributed by atoms with Crippen LogP contribution in [0.2, 0.25) is 0 Å². The molecule has 1 aromatic carbocycles. The molecule has 4 heteroatoms. The molecule has 4 nitrogen and oxygen atoms in total. The molecule has 1 aliphatic heterocycles. The minimum atomic E-state index is -0.114. The summed E-state index contributed by atoms with van der Waals surface area (Å²) < 4.78 is 0. The summed E-state index contributed by atoms with van der Waals surface area (Å²) in [5, 5.41) is 6.55. The molecular weight excluding hydrogens is 384 g/mol. The Morgan fingerprint density at radius 3 is 2.06 bits per heavy atom. The molecule has 2 fully saturated rings. The van der Waals surface area contributed by atoms with Crippen molar-refractivity contribution in [2.75, 3.05) is 26.7 Å². The third-order valence-electron chi connectivity index (χ3n) is 5.55. The van der Waals surface area contributed by atoms with Gasteiger partial charge in [0.25, 0.3) is 0 Å². The second-order valence-corrected chi connectivity index (χ2v) is 7.57. The highest BCUT2D eigenvalue weighted by Crippen LogP contribution is 2.32. The van der Waals surface area contributed by atoms with E-state index in [-0.39, 0.29) is 5.78 Å². The molecule has 3 rings (SSSR count). The van der Waals surface area contributed by atoms with Gasteiger partial charge in [-0.1, -0.05) is 71.2 Å². The van der Waals surface area contributed by atoms with Gasteiger partial charge in [-0.25, -0.2) is 0 Å². The third kappa shape index (κ3) is 12.6. The maximum Gasteiger partial charge on any atom is 0.185 e. The monoisotopic (exact) mass is 430 g/mol. The number of piperidine rings is 1. The summed E-state index contributed by atoms with van der Waals surface area (Å²) in [4.78, 5) is 21.8. The van der Waals surface area contributed by atoms with Crippen LogP contribution in [-0.2, 0) is 4.79 Å². The number of hydrogen-bond donors (Lipinski definition) is 2. The minimum absolute atomic E-state index is 0.114. The largest absolute Gasteiger partial charge is 0.319 e. The molecule has 1 saturated heterocycles. The van der Waals surface area contributed by atoms with Crippen molar-refractivity contribution in [2.24, 2.45) is 5.92 Å². The Morgan fingerprint density at radius 2 is 1.55 bits per heavy atom. The van der Waals surface area contributed by atoms with Gasteiger partial charge < -0.3 is 10.6 Å². The fourth-order valence-electron chi connectivity index (χ4n) is 3.95. The Labute approximate surface area is 191 Å². The molecule has 0 bridgehead atoms. The van der Waals surface area contributed by atoms with Gasteiger partial charge in [0.1, 0.15) is 6.29 Å². The molecule has 1 aromatic rings. The molecule has 1 aliphatic carbocycles. The van der Waals surface area contributed by atoms with Crippen LogP contribution in [0.3, 0.4) is 0 Å². The molecule has 1 saturated carbocycles. The Morgan fingerprint density at radius 1 is 0.968 bits per heavy atom. The van der Waals surface area contributed by atoms with Crippen molar-refractivity contribution in [3.05, 3.63) is 47.5 Å². The lowest BCUT2D eigenvalue weighted by Crippen LogP contribution is -2.32. The van der Waals surface area contributed by atoms with Crippen molar-refractivity contribution in [2.45, 2.75) is 78.6 Å². The van der Waals surface area contributed by atoms with E-state index in [1.54, 1.807) is 0 Å². The lowest BCUT2D eigenvalue weighted by atomic mass is 9.84. The van der Waals surface area contributed by atoms with Crippen molar-refractivity contribution in [1.29, 1.82) is 0 Å². The molecule has 1 heterocycles. The smallest absolute Gasteiger partial charge is 0.185 e. The second kappa shape index (κ2) is 20.1. The molecule has 0 radical (unpaired) electrons. The summed E-state index contributed by atoms with van der Waals surface area (Å²) in [6, 6.07) is 7.83. The van der Waals surface area contributed by atoms with Crippen LogP contribution >= 0.6 is 0 Å². The Hall–Kier alpha value is -1.78. The predicted molar refractivity (Wildman–Crippen MR) is 134 cm³/mol. The van der Waals surface area contributed by atoms with E-state index in [4.69, 9.17) is 0 Å². The highest BCUT2D eigenvalue weighted by atomic mass is 16.1. The van der Waals surface area contributed by atoms with Crippen LogP contribution in [0.1, 0.15) is 94.5 Å². The first-order valence-corrected chi connectivity index (χ1v) is 12.4. The number of allylic oxidation sites excluding steroid dienone is 2. The number of nitrogens with one attached hydrogen (secondary N) is 2. The minimum Gasteiger partial charge on any atom is -0.319 e. The number of aldehydes is 1. The predicted octanol–water partition coefficient (Wildman–Crippen LogP) is 5.93. The first-order chi connectivity index (χ1) is 15.2. The van der Waals surface area contributed by atoms with Crippen LogP contribution in [0.25, 0.3) is 0 Å². The van der Waals surface area contributed by atoms with Gasteiger partial charge in [0, 0.05) is 5.56 Å². The van der Waals surface area contributed by atoms with Crippen LogP contribution < -0.4 is 10.6 Å². The number of benzene rings is 1. The average Bonchev–Trinajstić information content (AvgIpc) is 2.87. The van der Waals surface area contributed by atoms with Gasteiger partial charge in [-0.05, 0) is 81.9 Å². The van der Waals surface area contributed by atoms with Crippen molar-refractivity contribution in [1.82, 2.24) is 10.6 Å². The standard InChI is InChI=1S/C16H18O2.C7H16N2.2C2H6/c17-12-4-7-16(18)15-10-8-14(9-11-15)13-5-2-1-3-6-13;1-8-6-7-2-4-9-5-3-7;2*1-2/h4,7-13H,1-3,5-6H2;7-9H,2-6H2,1H3;2*1-2H3/b7-4+;;;. The number of hydrogen-bond acceptors (Lipinski definition) is 4. The van der Waals surface area contributed by atoms with Crippen LogP contribution in [-0.4, -0.2) is 38.8 Å². The van der Waals surface area contributed by atoms with Crippen molar-refractivity contribution in [3.63, 3.8) is 0 Å². The van der Waals surface area contributed by atoms with Crippen LogP contribution in [0.15, 0.2) is 36.4 Å². The zero-order valence-corrected chi connectivity index (χ0v) is 20.6. The molecule has 0 atom stereocenters. The molecular formula is C27H46N2O2. The molecule has 0 amide bonds. The van der Waals surface area contributed by atoms with Gasteiger partial charge in [0.05, 0.1) is 0 Å². The van der Waals surface area contributed by atoms with E-state index in [1.807, 2.05) is 46.9 Å². The molecule has 2 N–H and O–H groups in total. The molecule has 0 spiro atoms. The van der Waals surface area contributed by atoms with Gasteiger partial charge in [-0.15, -0.1) is 0 Å². The van der Waals surface area contributed by atoms with E-state index in [2.05, 4.69) is 22.8 Å². The third-order valence-corrected chi connectivity index (χ3v) is 5.55. The Balaban J connectivity index is 0.000000582. The topological polar surface area (TPSA) is 58.2 Å².